The van der Waals surface area contributed by atoms with E-state index in [0.29, 0.717) is 69.0 Å². The highest BCUT2D eigenvalue weighted by molar-refractivity contribution is 6.62. The number of fused-ring (bicyclic) bond motifs is 2. The highest BCUT2D eigenvalue weighted by atomic mass is 16.6. The Morgan fingerprint density at radius 1 is 0.643 bits per heavy atom. The number of amides is 2. The monoisotopic (exact) mass is 950 g/mol. The summed E-state index contributed by atoms with van der Waals surface area (Å²) in [6.07, 6.45) is 0.956. The maximum atomic E-state index is 13.1. The number of ether oxygens (including phenoxy) is 3. The summed E-state index contributed by atoms with van der Waals surface area (Å²) in [4.78, 5) is 37.8. The van der Waals surface area contributed by atoms with Gasteiger partial charge in [-0.3, -0.25) is 14.4 Å². The molecule has 2 amide bonds. The summed E-state index contributed by atoms with van der Waals surface area (Å²) in [7, 11) is -1.74. The van der Waals surface area contributed by atoms with Crippen molar-refractivity contribution in [3.63, 3.8) is 0 Å². The molecule has 0 aliphatic carbocycles. The number of carbonyl (C=O) groups excluding carboxylic acids is 3. The van der Waals surface area contributed by atoms with Crippen molar-refractivity contribution in [2.24, 2.45) is 11.7 Å². The van der Waals surface area contributed by atoms with E-state index < -0.39 is 37.8 Å². The summed E-state index contributed by atoms with van der Waals surface area (Å²) in [5.41, 5.74) is 12.6. The first-order valence-corrected chi connectivity index (χ1v) is 22.9. The van der Waals surface area contributed by atoms with E-state index in [1.807, 2.05) is 148 Å². The number of hydrogen-bond donors (Lipinski definition) is 5. The van der Waals surface area contributed by atoms with Gasteiger partial charge < -0.3 is 49.9 Å². The number of rotatable bonds is 16. The normalized spacial score (nSPS) is 13.3. The van der Waals surface area contributed by atoms with Crippen molar-refractivity contribution in [2.45, 2.75) is 99.2 Å². The Morgan fingerprint density at radius 3 is 1.50 bits per heavy atom. The zero-order valence-corrected chi connectivity index (χ0v) is 39.6. The first-order valence-electron chi connectivity index (χ1n) is 23.7. The Bertz CT molecular complexity index is 2620. The Hall–Kier alpha value is -6.74. The van der Waals surface area contributed by atoms with Crippen LogP contribution in [-0.2, 0) is 67.6 Å². The lowest BCUT2D eigenvalue weighted by atomic mass is 9.80. The molecule has 2 aliphatic rings. The van der Waals surface area contributed by atoms with Crippen molar-refractivity contribution in [3.8, 4) is 23.0 Å². The lowest BCUT2D eigenvalue weighted by Gasteiger charge is -2.22. The van der Waals surface area contributed by atoms with Gasteiger partial charge in [-0.1, -0.05) is 118 Å². The number of nitrogens with two attached hydrogens (primary N) is 1. The van der Waals surface area contributed by atoms with Crippen molar-refractivity contribution < 1.29 is 49.3 Å². The molecule has 2 atom stereocenters. The maximum absolute atomic E-state index is 13.1. The number of hydrogen-bond acceptors (Lipinski definition) is 11. The number of nitrogens with one attached hydrogen (secondary N) is 2. The lowest BCUT2D eigenvalue weighted by Crippen LogP contribution is -2.41. The van der Waals surface area contributed by atoms with Crippen molar-refractivity contribution in [3.05, 3.63) is 179 Å². The largest absolute Gasteiger partial charge is 0.491 e. The fourth-order valence-electron chi connectivity index (χ4n) is 7.52. The average Bonchev–Trinajstić information content (AvgIpc) is 3.91. The molecular weight excluding hydrogens is 884 g/mol. The van der Waals surface area contributed by atoms with E-state index in [4.69, 9.17) is 30.6 Å². The van der Waals surface area contributed by atoms with Crippen molar-refractivity contribution in [1.29, 1.82) is 0 Å². The molecule has 70 heavy (non-hydrogen) atoms. The summed E-state index contributed by atoms with van der Waals surface area (Å²) < 4.78 is 33.9. The second kappa shape index (κ2) is 26.3. The zero-order chi connectivity index (χ0) is 50.0. The molecule has 2 heterocycles. The molecule has 8 rings (SSSR count). The summed E-state index contributed by atoms with van der Waals surface area (Å²) in [5.74, 6) is 1.37. The Kier molecular flexibility index (Phi) is 19.8. The van der Waals surface area contributed by atoms with E-state index in [2.05, 4.69) is 10.6 Å². The summed E-state index contributed by atoms with van der Waals surface area (Å²) in [5, 5.41) is 25.3. The van der Waals surface area contributed by atoms with Crippen molar-refractivity contribution in [1.82, 2.24) is 10.6 Å². The van der Waals surface area contributed by atoms with Gasteiger partial charge in [-0.2, -0.15) is 0 Å². The van der Waals surface area contributed by atoms with Crippen molar-refractivity contribution in [2.75, 3.05) is 0 Å². The summed E-state index contributed by atoms with van der Waals surface area (Å²) >= 11 is 0. The highest BCUT2D eigenvalue weighted by Crippen LogP contribution is 2.26. The number of esters is 1. The van der Waals surface area contributed by atoms with Gasteiger partial charge in [0.25, 0.3) is 0 Å². The van der Waals surface area contributed by atoms with E-state index in [0.717, 1.165) is 44.3 Å². The zero-order valence-electron chi connectivity index (χ0n) is 40.6. The van der Waals surface area contributed by atoms with Crippen LogP contribution >= 0.6 is 0 Å². The van der Waals surface area contributed by atoms with Crippen molar-refractivity contribution >= 4 is 42.9 Å². The predicted octanol–water partition coefficient (Wildman–Crippen LogP) is 7.45. The SMILES string of the molecule is C.CC(C)(C)OC(=O)CC(Cc1ccccc1)C(=O)NCc1ccc(Oc2ccc3c(c2)COB3O)cc1.NC(Cc1ccccc1)C(=O)NCc1ccc(Oc2ccc3c(c2)COB3O)cc1.[2H]CC. The molecule has 2 unspecified atom stereocenters. The molecule has 0 spiro atoms. The van der Waals surface area contributed by atoms with Gasteiger partial charge in [0.05, 0.1) is 31.6 Å². The smallest absolute Gasteiger partial charge is 0.460 e. The second-order valence-corrected chi connectivity index (χ2v) is 17.4. The molecule has 0 aromatic heterocycles. The van der Waals surface area contributed by atoms with Crippen LogP contribution in [-0.4, -0.2) is 53.7 Å². The molecule has 13 nitrogen and oxygen atoms in total. The third kappa shape index (κ3) is 16.5. The van der Waals surface area contributed by atoms with Gasteiger partial charge in [0.2, 0.25) is 11.8 Å². The molecule has 2 aliphatic heterocycles. The van der Waals surface area contributed by atoms with Crippen LogP contribution in [0.25, 0.3) is 0 Å². The molecule has 0 fully saturated rings. The molecule has 366 valence electrons. The average molecular weight is 951 g/mol. The third-order valence-electron chi connectivity index (χ3n) is 11.0. The molecule has 6 aromatic carbocycles. The van der Waals surface area contributed by atoms with Crippen LogP contribution < -0.4 is 36.8 Å². The van der Waals surface area contributed by atoms with E-state index in [1.54, 1.807) is 25.1 Å². The second-order valence-electron chi connectivity index (χ2n) is 17.4. The minimum Gasteiger partial charge on any atom is -0.460 e. The van der Waals surface area contributed by atoms with E-state index >= 15 is 0 Å². The van der Waals surface area contributed by atoms with Gasteiger partial charge in [-0.25, -0.2) is 0 Å². The quantitative estimate of drug-likeness (QED) is 0.0479. The van der Waals surface area contributed by atoms with Crippen LogP contribution in [0.3, 0.4) is 0 Å². The standard InChI is InChI=1S/C29H32BNO6.C23H23BN2O4.C2H6.CH4/c1-29(2,3)37-27(32)17-22(15-20-7-5-4-6-8-20)28(33)31-18-21-9-11-24(12-10-21)36-25-13-14-26-23(16-25)19-35-30(26)34;25-22(12-16-4-2-1-3-5-16)23(27)26-14-17-6-8-19(9-7-17)30-20-10-11-21-18(13-20)15-29-24(21)28;1-2;/h4-14,16,22,34H,15,17-19H2,1-3H3,(H,31,33);1-11,13,22,28H,12,14-15,25H2,(H,26,27);1-2H3;1H4/i;;1D;. The van der Waals surface area contributed by atoms with Crippen LogP contribution in [0.4, 0.5) is 0 Å². The molecule has 0 bridgehead atoms. The first-order chi connectivity index (χ1) is 33.7. The Balaban J connectivity index is 0.000000251. The van der Waals surface area contributed by atoms with Gasteiger partial charge in [0.1, 0.15) is 28.6 Å². The Labute approximate surface area is 414 Å². The van der Waals surface area contributed by atoms with Crippen LogP contribution in [0.5, 0.6) is 23.0 Å². The molecule has 0 saturated heterocycles. The van der Waals surface area contributed by atoms with E-state index in [9.17, 15) is 24.4 Å². The number of benzene rings is 6. The molecule has 6 aromatic rings. The van der Waals surface area contributed by atoms with Gasteiger partial charge in [0, 0.05) is 14.5 Å². The van der Waals surface area contributed by atoms with Crippen LogP contribution in [0.2, 0.25) is 0 Å². The van der Waals surface area contributed by atoms with E-state index in [-0.39, 0.29) is 25.7 Å². The summed E-state index contributed by atoms with van der Waals surface area (Å²) in [6.45, 7) is 9.18. The van der Waals surface area contributed by atoms with Crippen LogP contribution in [0, 0.1) is 5.92 Å². The molecular formula is C55H65B2N3O10. The van der Waals surface area contributed by atoms with Gasteiger partial charge >= 0.3 is 20.2 Å². The van der Waals surface area contributed by atoms with Gasteiger partial charge in [0.15, 0.2) is 0 Å². The molecule has 15 heteroatoms. The van der Waals surface area contributed by atoms with Crippen LogP contribution in [0.15, 0.2) is 146 Å². The predicted molar refractivity (Wildman–Crippen MR) is 275 cm³/mol. The molecule has 0 radical (unpaired) electrons. The fraction of sp³-hybridized carbons (Fsp3) is 0.291. The molecule has 6 N–H and O–H groups in total. The highest BCUT2D eigenvalue weighted by Gasteiger charge is 2.29. The Morgan fingerprint density at radius 2 is 1.06 bits per heavy atom. The van der Waals surface area contributed by atoms with Gasteiger partial charge in [-0.05, 0) is 126 Å². The van der Waals surface area contributed by atoms with Gasteiger partial charge in [-0.15, -0.1) is 0 Å². The first kappa shape index (κ1) is 52.6. The molecule has 0 saturated carbocycles. The van der Waals surface area contributed by atoms with E-state index in [1.165, 1.54) is 0 Å². The fourth-order valence-corrected chi connectivity index (χ4v) is 7.52. The topological polar surface area (TPSA) is 188 Å². The third-order valence-corrected chi connectivity index (χ3v) is 11.0. The van der Waals surface area contributed by atoms with Crippen LogP contribution in [0.1, 0.15) is 83.2 Å². The maximum Gasteiger partial charge on any atom is 0.491 e. The minimum atomic E-state index is -0.880. The summed E-state index contributed by atoms with van der Waals surface area (Å²) in [6, 6.07) is 44.7. The number of carbonyl (C=O) groups is 3. The minimum absolute atomic E-state index is 0. The lowest BCUT2D eigenvalue weighted by molar-refractivity contribution is -0.157.